The van der Waals surface area contributed by atoms with Crippen LogP contribution in [0, 0.1) is 11.8 Å². The van der Waals surface area contributed by atoms with Gasteiger partial charge in [0, 0.05) is 18.8 Å². The zero-order chi connectivity index (χ0) is 17.2. The van der Waals surface area contributed by atoms with Crippen LogP contribution < -0.4 is 0 Å². The van der Waals surface area contributed by atoms with Gasteiger partial charge in [0.25, 0.3) is 0 Å². The summed E-state index contributed by atoms with van der Waals surface area (Å²) in [5.41, 5.74) is 0. The summed E-state index contributed by atoms with van der Waals surface area (Å²) >= 11 is 0. The second kappa shape index (κ2) is 10.6. The van der Waals surface area contributed by atoms with Gasteiger partial charge in [0.05, 0.1) is 12.2 Å². The molecule has 3 N–H and O–H groups in total. The van der Waals surface area contributed by atoms with E-state index in [1.807, 2.05) is 0 Å². The number of aliphatic carboxylic acids is 1. The first-order chi connectivity index (χ1) is 11.0. The molecular formula is C18H30O5. The molecule has 4 atom stereocenters. The van der Waals surface area contributed by atoms with E-state index in [9.17, 15) is 19.8 Å². The Morgan fingerprint density at radius 3 is 2.70 bits per heavy atom. The van der Waals surface area contributed by atoms with Crippen molar-refractivity contribution < 1.29 is 24.9 Å². The Hall–Kier alpha value is -1.20. The minimum atomic E-state index is -0.824. The van der Waals surface area contributed by atoms with E-state index >= 15 is 0 Å². The second-order valence-electron chi connectivity index (χ2n) is 6.51. The Morgan fingerprint density at radius 2 is 2.04 bits per heavy atom. The van der Waals surface area contributed by atoms with E-state index in [2.05, 4.69) is 6.92 Å². The van der Waals surface area contributed by atoms with Crippen molar-refractivity contribution in [2.75, 3.05) is 0 Å². The van der Waals surface area contributed by atoms with Gasteiger partial charge in [0.15, 0.2) is 0 Å². The molecule has 0 unspecified atom stereocenters. The van der Waals surface area contributed by atoms with Gasteiger partial charge in [0.1, 0.15) is 5.78 Å². The van der Waals surface area contributed by atoms with Gasteiger partial charge in [-0.05, 0) is 31.6 Å². The highest BCUT2D eigenvalue weighted by atomic mass is 16.4. The molecular weight excluding hydrogens is 296 g/mol. The normalized spacial score (nSPS) is 26.0. The molecule has 0 radical (unpaired) electrons. The van der Waals surface area contributed by atoms with Crippen LogP contribution in [0.1, 0.15) is 64.7 Å². The number of rotatable bonds is 11. The van der Waals surface area contributed by atoms with Crippen LogP contribution >= 0.6 is 0 Å². The number of hydrogen-bond acceptors (Lipinski definition) is 4. The van der Waals surface area contributed by atoms with Crippen molar-refractivity contribution in [2.45, 2.75) is 76.9 Å². The summed E-state index contributed by atoms with van der Waals surface area (Å²) in [6, 6.07) is 0. The maximum Gasteiger partial charge on any atom is 0.303 e. The van der Waals surface area contributed by atoms with E-state index in [1.165, 1.54) is 0 Å². The van der Waals surface area contributed by atoms with Crippen molar-refractivity contribution in [3.63, 3.8) is 0 Å². The van der Waals surface area contributed by atoms with Crippen molar-refractivity contribution in [1.82, 2.24) is 0 Å². The number of allylic oxidation sites excluding steroid dienone is 1. The monoisotopic (exact) mass is 326 g/mol. The third-order valence-corrected chi connectivity index (χ3v) is 4.56. The van der Waals surface area contributed by atoms with Crippen LogP contribution in [0.3, 0.4) is 0 Å². The van der Waals surface area contributed by atoms with Crippen molar-refractivity contribution in [3.05, 3.63) is 12.2 Å². The zero-order valence-corrected chi connectivity index (χ0v) is 14.0. The summed E-state index contributed by atoms with van der Waals surface area (Å²) in [5, 5.41) is 28.5. The van der Waals surface area contributed by atoms with E-state index in [-0.39, 0.29) is 30.5 Å². The van der Waals surface area contributed by atoms with Crippen LogP contribution in [0.2, 0.25) is 0 Å². The summed E-state index contributed by atoms with van der Waals surface area (Å²) < 4.78 is 0. The summed E-state index contributed by atoms with van der Waals surface area (Å²) in [4.78, 5) is 22.4. The van der Waals surface area contributed by atoms with Crippen molar-refractivity contribution in [3.8, 4) is 0 Å². The molecule has 132 valence electrons. The number of carboxylic acids is 1. The molecule has 23 heavy (non-hydrogen) atoms. The van der Waals surface area contributed by atoms with E-state index in [1.54, 1.807) is 12.2 Å². The summed E-state index contributed by atoms with van der Waals surface area (Å²) in [5.74, 6) is -1.11. The Bertz CT molecular complexity index is 404. The molecule has 0 spiro atoms. The smallest absolute Gasteiger partial charge is 0.303 e. The Labute approximate surface area is 138 Å². The lowest BCUT2D eigenvalue weighted by Crippen LogP contribution is -2.19. The first-order valence-electron chi connectivity index (χ1n) is 8.74. The van der Waals surface area contributed by atoms with Crippen LogP contribution in [0.4, 0.5) is 0 Å². The molecule has 1 rings (SSSR count). The molecule has 0 amide bonds. The van der Waals surface area contributed by atoms with Gasteiger partial charge in [-0.3, -0.25) is 9.59 Å². The lowest BCUT2D eigenvalue weighted by Gasteiger charge is -2.18. The summed E-state index contributed by atoms with van der Waals surface area (Å²) in [7, 11) is 0. The fourth-order valence-electron chi connectivity index (χ4n) is 3.20. The predicted molar refractivity (Wildman–Crippen MR) is 88.0 cm³/mol. The van der Waals surface area contributed by atoms with Crippen LogP contribution in [-0.2, 0) is 9.59 Å². The lowest BCUT2D eigenvalue weighted by molar-refractivity contribution is -0.137. The maximum absolute atomic E-state index is 12.0. The van der Waals surface area contributed by atoms with E-state index in [0.29, 0.717) is 19.3 Å². The molecule has 1 saturated carbocycles. The van der Waals surface area contributed by atoms with Gasteiger partial charge < -0.3 is 15.3 Å². The number of carbonyl (C=O) groups excluding carboxylic acids is 1. The fourth-order valence-corrected chi connectivity index (χ4v) is 3.20. The van der Waals surface area contributed by atoms with Gasteiger partial charge in [-0.15, -0.1) is 0 Å². The molecule has 0 aromatic heterocycles. The molecule has 0 aromatic carbocycles. The van der Waals surface area contributed by atoms with Crippen LogP contribution in [0.25, 0.3) is 0 Å². The molecule has 5 nitrogen and oxygen atoms in total. The van der Waals surface area contributed by atoms with Gasteiger partial charge in [-0.1, -0.05) is 38.3 Å². The number of aliphatic hydroxyl groups is 2. The lowest BCUT2D eigenvalue weighted by atomic mass is 9.88. The maximum atomic E-state index is 12.0. The largest absolute Gasteiger partial charge is 0.481 e. The minimum absolute atomic E-state index is 0.0375. The molecule has 1 fully saturated rings. The number of Topliss-reactive ketones (excluding diaryl/α,β-unsaturated/α-hetero) is 1. The topological polar surface area (TPSA) is 94.8 Å². The molecule has 0 heterocycles. The number of aliphatic hydroxyl groups excluding tert-OH is 2. The Balaban J connectivity index is 2.44. The van der Waals surface area contributed by atoms with Crippen molar-refractivity contribution in [2.24, 2.45) is 11.8 Å². The first-order valence-corrected chi connectivity index (χ1v) is 8.74. The second-order valence-corrected chi connectivity index (χ2v) is 6.51. The molecule has 1 aliphatic rings. The Morgan fingerprint density at radius 1 is 1.30 bits per heavy atom. The highest BCUT2D eigenvalue weighted by Gasteiger charge is 2.39. The summed E-state index contributed by atoms with van der Waals surface area (Å²) in [6.45, 7) is 2.12. The molecule has 1 aliphatic carbocycles. The standard InChI is InChI=1S/C18H30O5/c1-2-3-4-8-14-15(17(21)12-16(14)20)11-10-13(19)7-5-6-9-18(22)23/h10-11,13-16,19-20H,2-9,12H2,1H3,(H,22,23)/b11-10+/t13-,14-,15+,16-/m1/s1. The van der Waals surface area contributed by atoms with Gasteiger partial charge in [-0.25, -0.2) is 0 Å². The van der Waals surface area contributed by atoms with Gasteiger partial charge in [-0.2, -0.15) is 0 Å². The first kappa shape index (κ1) is 19.8. The highest BCUT2D eigenvalue weighted by Crippen LogP contribution is 2.34. The van der Waals surface area contributed by atoms with E-state index < -0.39 is 18.2 Å². The molecule has 5 heteroatoms. The van der Waals surface area contributed by atoms with Crippen LogP contribution in [0.5, 0.6) is 0 Å². The minimum Gasteiger partial charge on any atom is -0.481 e. The van der Waals surface area contributed by atoms with Crippen molar-refractivity contribution in [1.29, 1.82) is 0 Å². The SMILES string of the molecule is CCCCC[C@H]1[C@H](O)CC(=O)[C@H]1/C=C/[C@H](O)CCCCC(=O)O. The molecule has 0 saturated heterocycles. The number of carbonyl (C=O) groups is 2. The quantitative estimate of drug-likeness (QED) is 0.401. The molecule has 0 aliphatic heterocycles. The number of hydrogen-bond donors (Lipinski definition) is 3. The zero-order valence-electron chi connectivity index (χ0n) is 14.0. The molecule has 0 bridgehead atoms. The van der Waals surface area contributed by atoms with Gasteiger partial charge >= 0.3 is 5.97 Å². The fraction of sp³-hybridized carbons (Fsp3) is 0.778. The highest BCUT2D eigenvalue weighted by molar-refractivity contribution is 5.85. The average Bonchev–Trinajstić information content (AvgIpc) is 2.75. The third-order valence-electron chi connectivity index (χ3n) is 4.56. The van der Waals surface area contributed by atoms with E-state index in [4.69, 9.17) is 5.11 Å². The van der Waals surface area contributed by atoms with Crippen LogP contribution in [0.15, 0.2) is 12.2 Å². The molecule has 0 aromatic rings. The average molecular weight is 326 g/mol. The Kier molecular flexibility index (Phi) is 9.10. The number of unbranched alkanes of at least 4 members (excludes halogenated alkanes) is 3. The third kappa shape index (κ3) is 7.27. The van der Waals surface area contributed by atoms with Gasteiger partial charge in [0.2, 0.25) is 0 Å². The van der Waals surface area contributed by atoms with Crippen molar-refractivity contribution >= 4 is 11.8 Å². The van der Waals surface area contributed by atoms with Crippen LogP contribution in [-0.4, -0.2) is 39.3 Å². The predicted octanol–water partition coefficient (Wildman–Crippen LogP) is 2.69. The number of ketones is 1. The van der Waals surface area contributed by atoms with E-state index in [0.717, 1.165) is 25.7 Å². The summed E-state index contributed by atoms with van der Waals surface area (Å²) in [6.07, 6.45) is 8.19. The number of carboxylic acid groups (broad SMARTS) is 1.